The number of amides is 1. The van der Waals surface area contributed by atoms with Crippen LogP contribution in [0.3, 0.4) is 0 Å². The molecule has 0 saturated carbocycles. The van der Waals surface area contributed by atoms with Crippen molar-refractivity contribution < 1.29 is 9.90 Å². The van der Waals surface area contributed by atoms with Gasteiger partial charge in [0.2, 0.25) is 5.91 Å². The van der Waals surface area contributed by atoms with Crippen LogP contribution in [-0.4, -0.2) is 22.0 Å². The first-order valence-corrected chi connectivity index (χ1v) is 7.00. The molecule has 92 valence electrons. The van der Waals surface area contributed by atoms with Gasteiger partial charge in [-0.25, -0.2) is 0 Å². The van der Waals surface area contributed by atoms with Crippen LogP contribution in [0, 0.1) is 0 Å². The average molecular weight is 272 g/mol. The highest BCUT2D eigenvalue weighted by atomic mass is 35.5. The Morgan fingerprint density at radius 1 is 1.47 bits per heavy atom. The van der Waals surface area contributed by atoms with E-state index in [1.165, 1.54) is 18.6 Å². The Hall–Kier alpha value is -0.870. The molecule has 1 heterocycles. The van der Waals surface area contributed by atoms with Crippen molar-refractivity contribution in [1.82, 2.24) is 0 Å². The van der Waals surface area contributed by atoms with Crippen LogP contribution in [-0.2, 0) is 4.79 Å². The molecule has 0 bridgehead atoms. The quantitative estimate of drug-likeness (QED) is 0.812. The molecule has 5 heteroatoms. The second-order valence-corrected chi connectivity index (χ2v) is 5.73. The van der Waals surface area contributed by atoms with Gasteiger partial charge in [-0.1, -0.05) is 18.0 Å². The molecule has 1 fully saturated rings. The molecule has 1 aromatic rings. The summed E-state index contributed by atoms with van der Waals surface area (Å²) >= 11 is 7.63. The average Bonchev–Trinajstić information content (AvgIpc) is 2.34. The van der Waals surface area contributed by atoms with Gasteiger partial charge in [0.25, 0.3) is 0 Å². The Morgan fingerprint density at radius 3 is 2.94 bits per heavy atom. The maximum Gasteiger partial charge on any atom is 0.237 e. The first kappa shape index (κ1) is 12.6. The Morgan fingerprint density at radius 2 is 2.29 bits per heavy atom. The van der Waals surface area contributed by atoms with Crippen molar-refractivity contribution >= 4 is 35.0 Å². The Balaban J connectivity index is 2.02. The minimum absolute atomic E-state index is 0.00212. The first-order chi connectivity index (χ1) is 8.16. The molecule has 0 aromatic heterocycles. The van der Waals surface area contributed by atoms with Gasteiger partial charge < -0.3 is 10.4 Å². The van der Waals surface area contributed by atoms with Crippen molar-refractivity contribution in [3.63, 3.8) is 0 Å². The van der Waals surface area contributed by atoms with E-state index in [4.69, 9.17) is 11.6 Å². The second kappa shape index (κ2) is 5.65. The minimum atomic E-state index is 0.00212. The van der Waals surface area contributed by atoms with Gasteiger partial charge in [0.05, 0.1) is 16.0 Å². The fraction of sp³-hybridized carbons (Fsp3) is 0.417. The van der Waals surface area contributed by atoms with Crippen LogP contribution in [0.2, 0.25) is 5.02 Å². The van der Waals surface area contributed by atoms with Crippen molar-refractivity contribution in [1.29, 1.82) is 0 Å². The highest BCUT2D eigenvalue weighted by molar-refractivity contribution is 8.00. The summed E-state index contributed by atoms with van der Waals surface area (Å²) in [6, 6.07) is 4.55. The molecule has 1 atom stereocenters. The number of phenols is 1. The van der Waals surface area contributed by atoms with E-state index in [2.05, 4.69) is 5.32 Å². The predicted octanol–water partition coefficient (Wildman–Crippen LogP) is 3.27. The van der Waals surface area contributed by atoms with E-state index in [9.17, 15) is 9.90 Å². The molecule has 1 aliphatic rings. The van der Waals surface area contributed by atoms with Crippen LogP contribution < -0.4 is 5.32 Å². The van der Waals surface area contributed by atoms with Crippen LogP contribution in [0.1, 0.15) is 19.3 Å². The van der Waals surface area contributed by atoms with Gasteiger partial charge in [0.1, 0.15) is 5.75 Å². The number of carbonyl (C=O) groups excluding carboxylic acids is 1. The van der Waals surface area contributed by atoms with E-state index in [0.717, 1.165) is 18.6 Å². The van der Waals surface area contributed by atoms with Gasteiger partial charge in [-0.05, 0) is 30.7 Å². The van der Waals surface area contributed by atoms with Crippen molar-refractivity contribution in [2.45, 2.75) is 24.5 Å². The lowest BCUT2D eigenvalue weighted by molar-refractivity contribution is -0.115. The van der Waals surface area contributed by atoms with Gasteiger partial charge in [-0.15, -0.1) is 11.8 Å². The van der Waals surface area contributed by atoms with Gasteiger partial charge >= 0.3 is 0 Å². The largest absolute Gasteiger partial charge is 0.508 e. The normalized spacial score (nSPS) is 19.9. The van der Waals surface area contributed by atoms with Gasteiger partial charge in [-0.2, -0.15) is 0 Å². The van der Waals surface area contributed by atoms with Gasteiger partial charge in [0, 0.05) is 6.07 Å². The number of nitrogens with one attached hydrogen (secondary N) is 1. The molecular weight excluding hydrogens is 258 g/mol. The summed E-state index contributed by atoms with van der Waals surface area (Å²) in [6.45, 7) is 0. The zero-order chi connectivity index (χ0) is 12.3. The highest BCUT2D eigenvalue weighted by Gasteiger charge is 2.22. The maximum atomic E-state index is 12.0. The first-order valence-electron chi connectivity index (χ1n) is 5.58. The third-order valence-electron chi connectivity index (χ3n) is 2.68. The second-order valence-electron chi connectivity index (χ2n) is 4.01. The fourth-order valence-electron chi connectivity index (χ4n) is 1.77. The van der Waals surface area contributed by atoms with Crippen molar-refractivity contribution in [2.75, 3.05) is 11.1 Å². The van der Waals surface area contributed by atoms with E-state index < -0.39 is 0 Å². The number of thioether (sulfide) groups is 1. The molecular formula is C12H14ClNO2S. The molecule has 1 unspecified atom stereocenters. The molecule has 0 radical (unpaired) electrons. The molecule has 2 rings (SSSR count). The summed E-state index contributed by atoms with van der Waals surface area (Å²) in [5.74, 6) is 1.14. The van der Waals surface area contributed by atoms with Gasteiger partial charge in [0.15, 0.2) is 0 Å². The number of aromatic hydroxyl groups is 1. The monoisotopic (exact) mass is 271 g/mol. The predicted molar refractivity (Wildman–Crippen MR) is 71.8 cm³/mol. The number of anilines is 1. The topological polar surface area (TPSA) is 49.3 Å². The molecule has 1 saturated heterocycles. The molecule has 0 aliphatic carbocycles. The zero-order valence-electron chi connectivity index (χ0n) is 9.28. The fourth-order valence-corrected chi connectivity index (χ4v) is 3.19. The summed E-state index contributed by atoms with van der Waals surface area (Å²) < 4.78 is 0. The Kier molecular flexibility index (Phi) is 4.18. The number of benzene rings is 1. The summed E-state index contributed by atoms with van der Waals surface area (Å²) in [5.41, 5.74) is 0.556. The van der Waals surface area contributed by atoms with E-state index in [1.54, 1.807) is 17.8 Å². The Bertz CT molecular complexity index is 419. The van der Waals surface area contributed by atoms with E-state index in [1.807, 2.05) is 0 Å². The van der Waals surface area contributed by atoms with Crippen LogP contribution in [0.5, 0.6) is 5.75 Å². The number of phenolic OH excluding ortho intramolecular Hbond substituents is 1. The summed E-state index contributed by atoms with van der Waals surface area (Å²) in [6.07, 6.45) is 3.22. The maximum absolute atomic E-state index is 12.0. The van der Waals surface area contributed by atoms with Crippen molar-refractivity contribution in [3.05, 3.63) is 23.2 Å². The molecule has 2 N–H and O–H groups in total. The van der Waals surface area contributed by atoms with Gasteiger partial charge in [-0.3, -0.25) is 4.79 Å². The molecule has 17 heavy (non-hydrogen) atoms. The van der Waals surface area contributed by atoms with Crippen LogP contribution >= 0.6 is 23.4 Å². The van der Waals surface area contributed by atoms with E-state index in [-0.39, 0.29) is 16.9 Å². The summed E-state index contributed by atoms with van der Waals surface area (Å²) in [7, 11) is 0. The zero-order valence-corrected chi connectivity index (χ0v) is 10.9. The number of hydrogen-bond acceptors (Lipinski definition) is 3. The summed E-state index contributed by atoms with van der Waals surface area (Å²) in [5, 5.41) is 12.4. The highest BCUT2D eigenvalue weighted by Crippen LogP contribution is 2.29. The van der Waals surface area contributed by atoms with Crippen molar-refractivity contribution in [3.8, 4) is 5.75 Å². The lowest BCUT2D eigenvalue weighted by Crippen LogP contribution is -2.27. The third-order valence-corrected chi connectivity index (χ3v) is 4.37. The lowest BCUT2D eigenvalue weighted by Gasteiger charge is -2.20. The summed E-state index contributed by atoms with van der Waals surface area (Å²) in [4.78, 5) is 12.0. The molecule has 1 aliphatic heterocycles. The molecule has 1 aromatic carbocycles. The SMILES string of the molecule is O=C(Nc1ccc(O)cc1Cl)C1CCCCS1. The number of carbonyl (C=O) groups is 1. The Labute approximate surface area is 110 Å². The molecule has 1 amide bonds. The number of hydrogen-bond donors (Lipinski definition) is 2. The third kappa shape index (κ3) is 3.30. The molecule has 3 nitrogen and oxygen atoms in total. The van der Waals surface area contributed by atoms with Crippen LogP contribution in [0.15, 0.2) is 18.2 Å². The molecule has 0 spiro atoms. The van der Waals surface area contributed by atoms with Crippen LogP contribution in [0.4, 0.5) is 5.69 Å². The number of rotatable bonds is 2. The van der Waals surface area contributed by atoms with E-state index >= 15 is 0 Å². The van der Waals surface area contributed by atoms with Crippen LogP contribution in [0.25, 0.3) is 0 Å². The number of halogens is 1. The lowest BCUT2D eigenvalue weighted by atomic mass is 10.2. The standard InChI is InChI=1S/C12H14ClNO2S/c13-9-7-8(15)4-5-10(9)14-12(16)11-3-1-2-6-17-11/h4-5,7,11,15H,1-3,6H2,(H,14,16). The minimum Gasteiger partial charge on any atom is -0.508 e. The van der Waals surface area contributed by atoms with Crippen molar-refractivity contribution in [2.24, 2.45) is 0 Å². The van der Waals surface area contributed by atoms with E-state index in [0.29, 0.717) is 10.7 Å². The smallest absolute Gasteiger partial charge is 0.237 e.